The number of ether oxygens (including phenoxy) is 1. The predicted molar refractivity (Wildman–Crippen MR) is 62.1 cm³/mol. The molecule has 0 aromatic heterocycles. The normalized spacial score (nSPS) is 19.3. The van der Waals surface area contributed by atoms with Crippen molar-refractivity contribution < 1.29 is 11.0 Å². The van der Waals surface area contributed by atoms with E-state index in [1.807, 2.05) is 7.05 Å². The lowest BCUT2D eigenvalue weighted by atomic mass is 10.1. The number of likely N-dealkylation sites (N-methyl/N-ethyl adjacent to an activating group) is 1. The van der Waals surface area contributed by atoms with Gasteiger partial charge in [-0.2, -0.15) is 0 Å². The van der Waals surface area contributed by atoms with Gasteiger partial charge in [0, 0.05) is 21.1 Å². The van der Waals surface area contributed by atoms with E-state index in [1.165, 1.54) is 0 Å². The van der Waals surface area contributed by atoms with Crippen LogP contribution in [0.2, 0.25) is 0 Å². The summed E-state index contributed by atoms with van der Waals surface area (Å²) in [6.45, 7) is 5.92. The summed E-state index contributed by atoms with van der Waals surface area (Å²) in [5, 5.41) is 3.06. The van der Waals surface area contributed by atoms with Gasteiger partial charge in [0.2, 0.25) is 0 Å². The van der Waals surface area contributed by atoms with Gasteiger partial charge in [-0.1, -0.05) is 0 Å². The Bertz CT molecular complexity index is 194. The number of nitrogens with zero attached hydrogens (tertiary/aromatic N) is 1. The maximum Gasteiger partial charge on any atom is 0.143 e. The molecule has 15 heavy (non-hydrogen) atoms. The molecule has 0 aliphatic carbocycles. The van der Waals surface area contributed by atoms with Crippen molar-refractivity contribution in [3.8, 4) is 0 Å². The van der Waals surface area contributed by atoms with E-state index in [9.17, 15) is 4.79 Å². The van der Waals surface area contributed by atoms with Crippen LogP contribution in [-0.2, 0) is 9.53 Å². The summed E-state index contributed by atoms with van der Waals surface area (Å²) in [5.41, 5.74) is 0. The van der Waals surface area contributed by atoms with Gasteiger partial charge in [0.25, 0.3) is 0 Å². The van der Waals surface area contributed by atoms with Gasteiger partial charge in [-0.25, -0.2) is 0 Å². The van der Waals surface area contributed by atoms with Crippen LogP contribution in [0.15, 0.2) is 0 Å². The molecule has 1 rings (SSSR count). The molecule has 1 N–H and O–H groups in total. The van der Waals surface area contributed by atoms with Crippen LogP contribution >= 0.6 is 0 Å². The fourth-order valence-corrected chi connectivity index (χ4v) is 1.88. The van der Waals surface area contributed by atoms with E-state index in [4.69, 9.17) is 4.74 Å². The van der Waals surface area contributed by atoms with Crippen molar-refractivity contribution >= 4 is 5.78 Å². The van der Waals surface area contributed by atoms with Gasteiger partial charge in [-0.3, -0.25) is 9.69 Å². The molecule has 1 saturated heterocycles. The number of likely N-dealkylation sites (tertiary alicyclic amines) is 1. The van der Waals surface area contributed by atoms with Crippen LogP contribution in [0.25, 0.3) is 0 Å². The van der Waals surface area contributed by atoms with Crippen molar-refractivity contribution in [1.29, 1.82) is 0 Å². The number of hydrogen-bond acceptors (Lipinski definition) is 4. The fourth-order valence-electron chi connectivity index (χ4n) is 1.88. The molecule has 1 fully saturated rings. The monoisotopic (exact) mass is 216 g/mol. The van der Waals surface area contributed by atoms with E-state index in [0.29, 0.717) is 12.6 Å². The lowest BCUT2D eigenvalue weighted by Gasteiger charge is -2.31. The van der Waals surface area contributed by atoms with Gasteiger partial charge >= 0.3 is 0 Å². The highest BCUT2D eigenvalue weighted by Gasteiger charge is 2.19. The molecular formula is C11H24N2O2. The molecule has 4 heteroatoms. The van der Waals surface area contributed by atoms with E-state index < -0.39 is 0 Å². The van der Waals surface area contributed by atoms with Gasteiger partial charge in [0.1, 0.15) is 5.78 Å². The van der Waals surface area contributed by atoms with E-state index >= 15 is 0 Å². The zero-order chi connectivity index (χ0) is 11.1. The molecule has 1 aliphatic heterocycles. The molecule has 1 heterocycles. The first-order chi connectivity index (χ1) is 7.22. The number of nitrogens with one attached hydrogen (secondary N) is 1. The van der Waals surface area contributed by atoms with Crippen molar-refractivity contribution in [2.45, 2.75) is 25.9 Å². The lowest BCUT2D eigenvalue weighted by Crippen LogP contribution is -2.39. The maximum atomic E-state index is 10.9. The quantitative estimate of drug-likeness (QED) is 0.657. The number of rotatable bonds is 6. The summed E-state index contributed by atoms with van der Waals surface area (Å²) < 4.78 is 5.70. The minimum Gasteiger partial charge on any atom is -0.377 e. The van der Waals surface area contributed by atoms with E-state index in [-0.39, 0.29) is 7.21 Å². The minimum absolute atomic E-state index is 0. The van der Waals surface area contributed by atoms with Crippen LogP contribution in [0.1, 0.15) is 21.2 Å². The zero-order valence-corrected chi connectivity index (χ0v) is 9.79. The lowest BCUT2D eigenvalue weighted by molar-refractivity contribution is -0.118. The highest BCUT2D eigenvalue weighted by atomic mass is 16.5. The number of carbonyl (C=O) groups excluding carboxylic acids is 1. The molecule has 1 aliphatic rings. The molecule has 90 valence electrons. The Morgan fingerprint density at radius 3 is 2.73 bits per heavy atom. The Hall–Kier alpha value is -0.450. The van der Waals surface area contributed by atoms with E-state index in [0.717, 1.165) is 39.1 Å². The molecule has 4 nitrogen and oxygen atoms in total. The first-order valence-electron chi connectivity index (χ1n) is 5.70. The van der Waals surface area contributed by atoms with Crippen LogP contribution in [0, 0.1) is 0 Å². The molecule has 0 atom stereocenters. The number of carbonyl (C=O) groups is 1. The third-order valence-electron chi connectivity index (χ3n) is 2.69. The molecule has 0 aromatic rings. The zero-order valence-electron chi connectivity index (χ0n) is 9.79. The standard InChI is InChI=1S/C11H22N2O2.H2/c1-10(14)9-13-6-3-11(4-7-13)15-8-5-12-2;/h11-12H,3-9H2,1-2H3;1H. The average molecular weight is 216 g/mol. The minimum atomic E-state index is 0. The molecule has 0 bridgehead atoms. The summed E-state index contributed by atoms with van der Waals surface area (Å²) in [7, 11) is 1.93. The van der Waals surface area contributed by atoms with Crippen molar-refractivity contribution in [3.05, 3.63) is 0 Å². The second-order valence-corrected chi connectivity index (χ2v) is 4.15. The average Bonchev–Trinajstić information content (AvgIpc) is 2.20. The topological polar surface area (TPSA) is 41.6 Å². The van der Waals surface area contributed by atoms with Crippen LogP contribution in [0.5, 0.6) is 0 Å². The molecule has 0 spiro atoms. The Morgan fingerprint density at radius 1 is 1.53 bits per heavy atom. The first kappa shape index (κ1) is 12.6. The van der Waals surface area contributed by atoms with Gasteiger partial charge in [-0.05, 0) is 26.8 Å². The van der Waals surface area contributed by atoms with E-state index in [2.05, 4.69) is 10.2 Å². The van der Waals surface area contributed by atoms with Crippen molar-refractivity contribution in [2.75, 3.05) is 39.8 Å². The Labute approximate surface area is 93.5 Å². The number of piperidine rings is 1. The largest absolute Gasteiger partial charge is 0.377 e. The van der Waals surface area contributed by atoms with Gasteiger partial charge in [-0.15, -0.1) is 0 Å². The van der Waals surface area contributed by atoms with Gasteiger partial charge in [0.15, 0.2) is 0 Å². The maximum absolute atomic E-state index is 10.9. The SMILES string of the molecule is CNCCOC1CCN(CC(C)=O)CC1.[HH]. The summed E-state index contributed by atoms with van der Waals surface area (Å²) in [4.78, 5) is 13.1. The summed E-state index contributed by atoms with van der Waals surface area (Å²) in [6.07, 6.45) is 2.50. The van der Waals surface area contributed by atoms with Crippen LogP contribution < -0.4 is 5.32 Å². The summed E-state index contributed by atoms with van der Waals surface area (Å²) >= 11 is 0. The van der Waals surface area contributed by atoms with Crippen molar-refractivity contribution in [2.24, 2.45) is 0 Å². The fraction of sp³-hybridized carbons (Fsp3) is 0.909. The number of ketones is 1. The Kier molecular flexibility index (Phi) is 5.83. The summed E-state index contributed by atoms with van der Waals surface area (Å²) in [5.74, 6) is 0.254. The third-order valence-corrected chi connectivity index (χ3v) is 2.69. The number of hydrogen-bond donors (Lipinski definition) is 1. The molecular weight excluding hydrogens is 192 g/mol. The molecule has 0 amide bonds. The Morgan fingerprint density at radius 2 is 2.20 bits per heavy atom. The molecule has 0 unspecified atom stereocenters. The highest BCUT2D eigenvalue weighted by Crippen LogP contribution is 2.12. The third kappa shape index (κ3) is 5.25. The first-order valence-corrected chi connectivity index (χ1v) is 5.70. The second-order valence-electron chi connectivity index (χ2n) is 4.15. The van der Waals surface area contributed by atoms with Gasteiger partial charge < -0.3 is 10.1 Å². The van der Waals surface area contributed by atoms with Crippen molar-refractivity contribution in [3.63, 3.8) is 0 Å². The van der Waals surface area contributed by atoms with Gasteiger partial charge in [0.05, 0.1) is 19.3 Å². The molecule has 0 saturated carbocycles. The Balaban J connectivity index is 0.00000225. The van der Waals surface area contributed by atoms with Crippen LogP contribution in [0.3, 0.4) is 0 Å². The number of Topliss-reactive ketones (excluding diaryl/α,β-unsaturated/α-hetero) is 1. The van der Waals surface area contributed by atoms with E-state index in [1.54, 1.807) is 6.92 Å². The second kappa shape index (κ2) is 6.93. The molecule has 0 aromatic carbocycles. The van der Waals surface area contributed by atoms with Crippen LogP contribution in [-0.4, -0.2) is 56.6 Å². The van der Waals surface area contributed by atoms with Crippen molar-refractivity contribution in [1.82, 2.24) is 10.2 Å². The smallest absolute Gasteiger partial charge is 0.143 e. The van der Waals surface area contributed by atoms with Crippen LogP contribution in [0.4, 0.5) is 0 Å². The highest BCUT2D eigenvalue weighted by molar-refractivity contribution is 5.77. The molecule has 0 radical (unpaired) electrons. The predicted octanol–water partition coefficient (Wildman–Crippen LogP) is 0.522. The summed E-state index contributed by atoms with van der Waals surface area (Å²) in [6, 6.07) is 0.